The number of rotatable bonds is 3. The van der Waals surface area contributed by atoms with Gasteiger partial charge in [-0.3, -0.25) is 14.5 Å². The number of carbonyl (C=O) groups is 3. The summed E-state index contributed by atoms with van der Waals surface area (Å²) in [7, 11) is 0. The zero-order valence-electron chi connectivity index (χ0n) is 14.1. The van der Waals surface area contributed by atoms with Crippen LogP contribution in [0.3, 0.4) is 0 Å². The van der Waals surface area contributed by atoms with E-state index in [1.807, 2.05) is 6.92 Å². The lowest BCUT2D eigenvalue weighted by Gasteiger charge is -2.37. The monoisotopic (exact) mass is 347 g/mol. The van der Waals surface area contributed by atoms with E-state index in [1.165, 1.54) is 11.2 Å². The lowest BCUT2D eigenvalue weighted by atomic mass is 10.1. The molecule has 4 amide bonds. The molecule has 0 aromatic carbocycles. The van der Waals surface area contributed by atoms with Gasteiger partial charge in [0, 0.05) is 57.8 Å². The highest BCUT2D eigenvalue weighted by atomic mass is 16.5. The predicted octanol–water partition coefficient (Wildman–Crippen LogP) is 0.131. The highest BCUT2D eigenvalue weighted by Crippen LogP contribution is 2.18. The van der Waals surface area contributed by atoms with Crippen LogP contribution < -0.4 is 4.74 Å². The Morgan fingerprint density at radius 1 is 1.20 bits per heavy atom. The summed E-state index contributed by atoms with van der Waals surface area (Å²) in [5, 5.41) is 0. The Kier molecular flexibility index (Phi) is 5.11. The molecule has 3 heterocycles. The van der Waals surface area contributed by atoms with Crippen LogP contribution in [0.5, 0.6) is 5.88 Å². The third-order valence-electron chi connectivity index (χ3n) is 4.48. The van der Waals surface area contributed by atoms with E-state index in [-0.39, 0.29) is 12.6 Å². The molecule has 0 unspecified atom stereocenters. The maximum atomic E-state index is 12.6. The second-order valence-corrected chi connectivity index (χ2v) is 5.98. The van der Waals surface area contributed by atoms with E-state index in [1.54, 1.807) is 17.2 Å². The highest BCUT2D eigenvalue weighted by Gasteiger charge is 2.38. The molecule has 0 saturated carbocycles. The zero-order valence-corrected chi connectivity index (χ0v) is 14.1. The first-order valence-electron chi connectivity index (χ1n) is 8.42. The van der Waals surface area contributed by atoms with Crippen LogP contribution >= 0.6 is 0 Å². The van der Waals surface area contributed by atoms with Crippen molar-refractivity contribution in [1.29, 1.82) is 0 Å². The molecule has 25 heavy (non-hydrogen) atoms. The zero-order chi connectivity index (χ0) is 17.8. The van der Waals surface area contributed by atoms with Gasteiger partial charge in [-0.1, -0.05) is 0 Å². The summed E-state index contributed by atoms with van der Waals surface area (Å²) in [6.45, 7) is 3.87. The molecule has 0 spiro atoms. The number of amides is 4. The highest BCUT2D eigenvalue weighted by molar-refractivity contribution is 6.38. The molecule has 0 radical (unpaired) electrons. The molecular weight excluding hydrogens is 326 g/mol. The number of likely N-dealkylation sites (N-methyl/N-ethyl adjacent to an activating group) is 1. The molecule has 134 valence electrons. The fourth-order valence-corrected chi connectivity index (χ4v) is 3.01. The molecule has 9 heteroatoms. The molecular formula is C16H21N5O4. The lowest BCUT2D eigenvalue weighted by Crippen LogP contribution is -2.59. The predicted molar refractivity (Wildman–Crippen MR) is 86.6 cm³/mol. The van der Waals surface area contributed by atoms with Crippen LogP contribution in [0.4, 0.5) is 4.79 Å². The average Bonchev–Trinajstić information content (AvgIpc) is 2.65. The number of aromatic nitrogens is 2. The van der Waals surface area contributed by atoms with E-state index >= 15 is 0 Å². The van der Waals surface area contributed by atoms with Gasteiger partial charge in [-0.2, -0.15) is 0 Å². The molecule has 0 N–H and O–H groups in total. The second-order valence-electron chi connectivity index (χ2n) is 5.98. The van der Waals surface area contributed by atoms with Crippen LogP contribution in [0.1, 0.15) is 19.8 Å². The van der Waals surface area contributed by atoms with Crippen molar-refractivity contribution in [3.8, 4) is 5.88 Å². The third kappa shape index (κ3) is 3.70. The van der Waals surface area contributed by atoms with Gasteiger partial charge in [-0.25, -0.2) is 14.8 Å². The molecule has 2 aliphatic rings. The van der Waals surface area contributed by atoms with Crippen molar-refractivity contribution in [2.75, 3.05) is 32.7 Å². The standard InChI is InChI=1S/C16H21N5O4/c1-2-19-9-10-21(15(23)14(19)22)16(24)20-7-4-12(5-8-20)25-13-3-6-17-11-18-13/h3,6,11-12H,2,4-5,7-10H2,1H3. The average molecular weight is 347 g/mol. The summed E-state index contributed by atoms with van der Waals surface area (Å²) in [6, 6.07) is 1.30. The van der Waals surface area contributed by atoms with Crippen molar-refractivity contribution in [1.82, 2.24) is 24.7 Å². The molecule has 9 nitrogen and oxygen atoms in total. The van der Waals surface area contributed by atoms with Gasteiger partial charge >= 0.3 is 17.8 Å². The third-order valence-corrected chi connectivity index (χ3v) is 4.48. The normalized spacial score (nSPS) is 19.3. The minimum absolute atomic E-state index is 0.0341. The maximum absolute atomic E-state index is 12.6. The number of imide groups is 1. The fraction of sp³-hybridized carbons (Fsp3) is 0.562. The number of hydrogen-bond donors (Lipinski definition) is 0. The fourth-order valence-electron chi connectivity index (χ4n) is 3.01. The maximum Gasteiger partial charge on any atom is 0.327 e. The Balaban J connectivity index is 1.53. The Bertz CT molecular complexity index is 645. The van der Waals surface area contributed by atoms with Crippen molar-refractivity contribution in [2.24, 2.45) is 0 Å². The molecule has 1 aromatic rings. The van der Waals surface area contributed by atoms with Crippen molar-refractivity contribution < 1.29 is 19.1 Å². The Morgan fingerprint density at radius 3 is 2.60 bits per heavy atom. The first-order valence-corrected chi connectivity index (χ1v) is 8.42. The van der Waals surface area contributed by atoms with Gasteiger partial charge in [0.05, 0.1) is 0 Å². The van der Waals surface area contributed by atoms with Crippen LogP contribution in [-0.2, 0) is 9.59 Å². The first kappa shape index (κ1) is 17.1. The van der Waals surface area contributed by atoms with Crippen LogP contribution in [0.15, 0.2) is 18.6 Å². The Hall–Kier alpha value is -2.71. The molecule has 0 atom stereocenters. The lowest BCUT2D eigenvalue weighted by molar-refractivity contribution is -0.154. The number of hydrogen-bond acceptors (Lipinski definition) is 6. The van der Waals surface area contributed by atoms with Gasteiger partial charge in [-0.15, -0.1) is 0 Å². The van der Waals surface area contributed by atoms with Gasteiger partial charge in [-0.05, 0) is 6.92 Å². The number of carbonyl (C=O) groups excluding carboxylic acids is 3. The van der Waals surface area contributed by atoms with Gasteiger partial charge < -0.3 is 14.5 Å². The summed E-state index contributed by atoms with van der Waals surface area (Å²) < 4.78 is 5.77. The van der Waals surface area contributed by atoms with Gasteiger partial charge in [0.15, 0.2) is 0 Å². The summed E-state index contributed by atoms with van der Waals surface area (Å²) in [4.78, 5) is 48.6. The van der Waals surface area contributed by atoms with E-state index in [0.717, 1.165) is 4.90 Å². The summed E-state index contributed by atoms with van der Waals surface area (Å²) >= 11 is 0. The number of nitrogens with zero attached hydrogens (tertiary/aromatic N) is 5. The summed E-state index contributed by atoms with van der Waals surface area (Å²) in [5.74, 6) is -0.835. The number of piperazine rings is 1. The summed E-state index contributed by atoms with van der Waals surface area (Å²) in [5.41, 5.74) is 0. The number of urea groups is 1. The molecule has 0 aliphatic carbocycles. The first-order chi connectivity index (χ1) is 12.1. The molecule has 2 fully saturated rings. The van der Waals surface area contributed by atoms with E-state index in [0.29, 0.717) is 44.9 Å². The van der Waals surface area contributed by atoms with Crippen molar-refractivity contribution in [3.63, 3.8) is 0 Å². The Labute approximate surface area is 145 Å². The van der Waals surface area contributed by atoms with E-state index in [4.69, 9.17) is 4.74 Å². The SMILES string of the molecule is CCN1CCN(C(=O)N2CCC(Oc3ccncn3)CC2)C(=O)C1=O. The van der Waals surface area contributed by atoms with Gasteiger partial charge in [0.1, 0.15) is 12.4 Å². The minimum Gasteiger partial charge on any atom is -0.474 e. The smallest absolute Gasteiger partial charge is 0.327 e. The minimum atomic E-state index is -0.738. The number of ether oxygens (including phenoxy) is 1. The van der Waals surface area contributed by atoms with Crippen LogP contribution in [0.2, 0.25) is 0 Å². The van der Waals surface area contributed by atoms with Crippen LogP contribution in [0.25, 0.3) is 0 Å². The van der Waals surface area contributed by atoms with Gasteiger partial charge in [0.25, 0.3) is 0 Å². The quantitative estimate of drug-likeness (QED) is 0.721. The molecule has 1 aromatic heterocycles. The van der Waals surface area contributed by atoms with Crippen molar-refractivity contribution in [3.05, 3.63) is 18.6 Å². The second kappa shape index (κ2) is 7.45. The Morgan fingerprint density at radius 2 is 1.96 bits per heavy atom. The molecule has 2 saturated heterocycles. The topological polar surface area (TPSA) is 95.9 Å². The molecule has 3 rings (SSSR count). The van der Waals surface area contributed by atoms with Crippen molar-refractivity contribution in [2.45, 2.75) is 25.9 Å². The summed E-state index contributed by atoms with van der Waals surface area (Å²) in [6.07, 6.45) is 4.29. The van der Waals surface area contributed by atoms with Crippen LogP contribution in [-0.4, -0.2) is 81.3 Å². The van der Waals surface area contributed by atoms with Gasteiger partial charge in [0.2, 0.25) is 5.88 Å². The van der Waals surface area contributed by atoms with Crippen LogP contribution in [0, 0.1) is 0 Å². The largest absolute Gasteiger partial charge is 0.474 e. The number of likely N-dealkylation sites (tertiary alicyclic amines) is 1. The van der Waals surface area contributed by atoms with Crippen molar-refractivity contribution >= 4 is 17.8 Å². The molecule has 0 bridgehead atoms. The molecule has 2 aliphatic heterocycles. The van der Waals surface area contributed by atoms with E-state index in [9.17, 15) is 14.4 Å². The van der Waals surface area contributed by atoms with E-state index < -0.39 is 17.8 Å². The van der Waals surface area contributed by atoms with E-state index in [2.05, 4.69) is 9.97 Å². The number of piperidine rings is 1.